The minimum Gasteiger partial charge on any atom is -0.266 e. The first-order chi connectivity index (χ1) is 16.1. The number of halogens is 3. The van der Waals surface area contributed by atoms with Gasteiger partial charge < -0.3 is 0 Å². The Hall–Kier alpha value is -3.32. The van der Waals surface area contributed by atoms with Crippen molar-refractivity contribution in [3.8, 4) is 5.69 Å². The third-order valence-corrected chi connectivity index (χ3v) is 6.83. The second kappa shape index (κ2) is 7.87. The maximum Gasteiger partial charge on any atom is 0.525 e. The van der Waals surface area contributed by atoms with Crippen molar-refractivity contribution >= 4 is 32.7 Å². The fourth-order valence-electron chi connectivity index (χ4n) is 4.32. The molecule has 13 heteroatoms. The summed E-state index contributed by atoms with van der Waals surface area (Å²) in [5, 5.41) is 8.76. The van der Waals surface area contributed by atoms with E-state index in [1.807, 2.05) is 0 Å². The lowest BCUT2D eigenvalue weighted by atomic mass is 9.94. The van der Waals surface area contributed by atoms with Crippen molar-refractivity contribution in [3.05, 3.63) is 52.8 Å². The third kappa shape index (κ3) is 3.55. The maximum absolute atomic E-state index is 13.0. The van der Waals surface area contributed by atoms with Gasteiger partial charge in [0.2, 0.25) is 0 Å². The van der Waals surface area contributed by atoms with Crippen molar-refractivity contribution in [1.29, 1.82) is 0 Å². The standard InChI is InChI=1S/C21H17F3N4O5S/c22-21(23,24)34(31,32)33-28-19(29)14-7-5-6-12-10-13(11-15(18(12)14)20(28)30)27-17-9-4-2-1-3-8-16(17)25-26-27/h5-7,10-11H,1-4,8-9H2. The highest BCUT2D eigenvalue weighted by atomic mass is 32.2. The zero-order valence-electron chi connectivity index (χ0n) is 17.5. The smallest absolute Gasteiger partial charge is 0.266 e. The number of fused-ring (bicyclic) bond motifs is 1. The van der Waals surface area contributed by atoms with E-state index in [9.17, 15) is 31.2 Å². The van der Waals surface area contributed by atoms with Crippen LogP contribution >= 0.6 is 0 Å². The summed E-state index contributed by atoms with van der Waals surface area (Å²) >= 11 is 0. The van der Waals surface area contributed by atoms with Gasteiger partial charge in [0.25, 0.3) is 11.8 Å². The van der Waals surface area contributed by atoms with Crippen LogP contribution in [0, 0.1) is 0 Å². The fourth-order valence-corrected chi connectivity index (χ4v) is 4.74. The van der Waals surface area contributed by atoms with Crippen molar-refractivity contribution in [2.45, 2.75) is 44.0 Å². The first-order valence-corrected chi connectivity index (χ1v) is 11.9. The molecule has 1 aliphatic carbocycles. The Kier molecular flexibility index (Phi) is 5.20. The van der Waals surface area contributed by atoms with Crippen molar-refractivity contribution in [1.82, 2.24) is 20.1 Å². The molecule has 2 aliphatic rings. The molecule has 3 aromatic rings. The van der Waals surface area contributed by atoms with Crippen LogP contribution in [-0.4, -0.2) is 45.8 Å². The molecule has 0 atom stereocenters. The molecule has 2 heterocycles. The first kappa shape index (κ1) is 22.5. The van der Waals surface area contributed by atoms with E-state index in [0.717, 1.165) is 43.5 Å². The number of nitrogens with zero attached hydrogens (tertiary/aromatic N) is 4. The van der Waals surface area contributed by atoms with Gasteiger partial charge in [-0.3, -0.25) is 9.59 Å². The Morgan fingerprint density at radius 1 is 0.941 bits per heavy atom. The highest BCUT2D eigenvalue weighted by Gasteiger charge is 2.51. The van der Waals surface area contributed by atoms with Gasteiger partial charge in [-0.15, -0.1) is 14.4 Å². The molecule has 0 saturated heterocycles. The molecule has 0 unspecified atom stereocenters. The number of aromatic nitrogens is 3. The monoisotopic (exact) mass is 494 g/mol. The molecule has 5 rings (SSSR count). The predicted octanol–water partition coefficient (Wildman–Crippen LogP) is 3.46. The summed E-state index contributed by atoms with van der Waals surface area (Å²) in [6, 6.07) is 7.43. The summed E-state index contributed by atoms with van der Waals surface area (Å²) in [7, 11) is -6.25. The van der Waals surface area contributed by atoms with Crippen LogP contribution in [0.4, 0.5) is 13.2 Å². The molecule has 0 spiro atoms. The number of alkyl halides is 3. The Labute approximate surface area is 191 Å². The van der Waals surface area contributed by atoms with Crippen molar-refractivity contribution in [2.75, 3.05) is 0 Å². The second-order valence-electron chi connectivity index (χ2n) is 8.08. The number of carbonyl (C=O) groups excluding carboxylic acids is 2. The summed E-state index contributed by atoms with van der Waals surface area (Å²) in [6.07, 6.45) is 5.51. The number of rotatable bonds is 3. The predicted molar refractivity (Wildman–Crippen MR) is 111 cm³/mol. The molecular formula is C21H17F3N4O5S. The van der Waals surface area contributed by atoms with Crippen LogP contribution < -0.4 is 0 Å². The lowest BCUT2D eigenvalue weighted by Crippen LogP contribution is -2.44. The van der Waals surface area contributed by atoms with E-state index in [0.29, 0.717) is 17.5 Å². The summed E-state index contributed by atoms with van der Waals surface area (Å²) in [5.41, 5.74) is -4.05. The molecule has 2 aromatic carbocycles. The molecule has 1 aliphatic heterocycles. The Balaban J connectivity index is 1.65. The second-order valence-corrected chi connectivity index (χ2v) is 9.61. The zero-order chi connectivity index (χ0) is 24.3. The van der Waals surface area contributed by atoms with Crippen LogP contribution in [-0.2, 0) is 27.2 Å². The average Bonchev–Trinajstić information content (AvgIpc) is 3.15. The van der Waals surface area contributed by atoms with Crippen LogP contribution in [0.5, 0.6) is 0 Å². The molecule has 0 fully saturated rings. The van der Waals surface area contributed by atoms with E-state index in [1.54, 1.807) is 16.8 Å². The molecule has 0 saturated carbocycles. The SMILES string of the molecule is O=C1c2cccc3cc(-n4nnc5c4CCCCCC5)cc(c23)C(=O)N1OS(=O)(=O)C(F)(F)F. The van der Waals surface area contributed by atoms with Gasteiger partial charge in [-0.1, -0.05) is 30.2 Å². The van der Waals surface area contributed by atoms with Crippen LogP contribution in [0.1, 0.15) is 57.8 Å². The Morgan fingerprint density at radius 2 is 1.65 bits per heavy atom. The number of aryl methyl sites for hydroxylation is 1. The van der Waals surface area contributed by atoms with Gasteiger partial charge in [0, 0.05) is 5.39 Å². The van der Waals surface area contributed by atoms with Crippen molar-refractivity contribution in [3.63, 3.8) is 0 Å². The molecule has 0 radical (unpaired) electrons. The van der Waals surface area contributed by atoms with E-state index in [-0.39, 0.29) is 21.6 Å². The number of hydrogen-bond acceptors (Lipinski definition) is 7. The lowest BCUT2D eigenvalue weighted by Gasteiger charge is -2.26. The number of hydroxylamine groups is 2. The molecule has 9 nitrogen and oxygen atoms in total. The average molecular weight is 494 g/mol. The van der Waals surface area contributed by atoms with Crippen LogP contribution in [0.25, 0.3) is 16.5 Å². The molecular weight excluding hydrogens is 477 g/mol. The van der Waals surface area contributed by atoms with Gasteiger partial charge in [-0.25, -0.2) is 4.68 Å². The van der Waals surface area contributed by atoms with Crippen LogP contribution in [0.3, 0.4) is 0 Å². The molecule has 2 amide bonds. The maximum atomic E-state index is 13.0. The van der Waals surface area contributed by atoms with E-state index in [2.05, 4.69) is 14.6 Å². The summed E-state index contributed by atoms with van der Waals surface area (Å²) in [4.78, 5) is 25.7. The summed E-state index contributed by atoms with van der Waals surface area (Å²) < 4.78 is 67.2. The number of benzene rings is 2. The zero-order valence-corrected chi connectivity index (χ0v) is 18.3. The van der Waals surface area contributed by atoms with E-state index >= 15 is 0 Å². The Morgan fingerprint density at radius 3 is 2.38 bits per heavy atom. The van der Waals surface area contributed by atoms with Gasteiger partial charge in [-0.2, -0.15) is 21.6 Å². The van der Waals surface area contributed by atoms with E-state index in [4.69, 9.17) is 0 Å². The normalized spacial score (nSPS) is 17.0. The number of hydrogen-bond donors (Lipinski definition) is 0. The van der Waals surface area contributed by atoms with Crippen molar-refractivity contribution < 1.29 is 35.5 Å². The number of imide groups is 1. The first-order valence-electron chi connectivity index (χ1n) is 10.5. The minimum absolute atomic E-state index is 0.162. The van der Waals surface area contributed by atoms with Gasteiger partial charge >= 0.3 is 15.6 Å². The van der Waals surface area contributed by atoms with Gasteiger partial charge in [0.15, 0.2) is 0 Å². The number of carbonyl (C=O) groups is 2. The van der Waals surface area contributed by atoms with Gasteiger partial charge in [0.1, 0.15) is 0 Å². The molecule has 1 aromatic heterocycles. The highest BCUT2D eigenvalue weighted by molar-refractivity contribution is 7.87. The number of amides is 2. The quantitative estimate of drug-likeness (QED) is 0.405. The fraction of sp³-hybridized carbons (Fsp3) is 0.333. The van der Waals surface area contributed by atoms with Crippen LogP contribution in [0.2, 0.25) is 0 Å². The van der Waals surface area contributed by atoms with E-state index < -0.39 is 27.4 Å². The molecule has 34 heavy (non-hydrogen) atoms. The van der Waals surface area contributed by atoms with Crippen molar-refractivity contribution in [2.24, 2.45) is 0 Å². The third-order valence-electron chi connectivity index (χ3n) is 5.91. The van der Waals surface area contributed by atoms with Crippen LogP contribution in [0.15, 0.2) is 30.3 Å². The minimum atomic E-state index is -6.25. The van der Waals surface area contributed by atoms with E-state index in [1.165, 1.54) is 18.2 Å². The lowest BCUT2D eigenvalue weighted by molar-refractivity contribution is -0.0761. The molecule has 0 bridgehead atoms. The van der Waals surface area contributed by atoms with Gasteiger partial charge in [-0.05, 0) is 49.3 Å². The summed E-state index contributed by atoms with van der Waals surface area (Å²) in [6.45, 7) is 0. The topological polar surface area (TPSA) is 111 Å². The molecule has 178 valence electrons. The summed E-state index contributed by atoms with van der Waals surface area (Å²) in [5.74, 6) is -2.64. The van der Waals surface area contributed by atoms with Gasteiger partial charge in [0.05, 0.1) is 28.2 Å². The largest absolute Gasteiger partial charge is 0.525 e. The molecule has 0 N–H and O–H groups in total. The Bertz CT molecular complexity index is 1450. The highest BCUT2D eigenvalue weighted by Crippen LogP contribution is 2.35.